The molecule has 0 fully saturated rings. The van der Waals surface area contributed by atoms with Crippen LogP contribution < -0.4 is 5.32 Å². The van der Waals surface area contributed by atoms with E-state index < -0.39 is 0 Å². The highest BCUT2D eigenvalue weighted by molar-refractivity contribution is 5.33. The van der Waals surface area contributed by atoms with Gasteiger partial charge in [-0.1, -0.05) is 29.8 Å². The second-order valence-electron chi connectivity index (χ2n) is 5.53. The molecule has 106 valence electrons. The van der Waals surface area contributed by atoms with Gasteiger partial charge in [-0.05, 0) is 62.1 Å². The van der Waals surface area contributed by atoms with Crippen molar-refractivity contribution < 1.29 is 4.39 Å². The van der Waals surface area contributed by atoms with E-state index in [1.54, 1.807) is 6.07 Å². The highest BCUT2D eigenvalue weighted by Crippen LogP contribution is 2.19. The van der Waals surface area contributed by atoms with Crippen LogP contribution in [0.1, 0.15) is 40.8 Å². The molecule has 0 aliphatic carbocycles. The van der Waals surface area contributed by atoms with Crippen molar-refractivity contribution in [2.45, 2.75) is 40.3 Å². The third-order valence-electron chi connectivity index (χ3n) is 3.80. The van der Waals surface area contributed by atoms with Gasteiger partial charge in [0.25, 0.3) is 0 Å². The van der Waals surface area contributed by atoms with Crippen molar-refractivity contribution >= 4 is 0 Å². The Balaban J connectivity index is 2.06. The Morgan fingerprint density at radius 1 is 1.00 bits per heavy atom. The summed E-state index contributed by atoms with van der Waals surface area (Å²) in [6.07, 6.45) is 0. The molecule has 0 aliphatic heterocycles. The quantitative estimate of drug-likeness (QED) is 0.856. The predicted octanol–water partition coefficient (Wildman–Crippen LogP) is 4.60. The first-order valence-corrected chi connectivity index (χ1v) is 7.03. The molecule has 0 saturated carbocycles. The third-order valence-corrected chi connectivity index (χ3v) is 3.80. The second kappa shape index (κ2) is 6.19. The fourth-order valence-electron chi connectivity index (χ4n) is 2.54. The van der Waals surface area contributed by atoms with Crippen LogP contribution in [-0.4, -0.2) is 0 Å². The van der Waals surface area contributed by atoms with E-state index in [0.717, 1.165) is 17.7 Å². The first-order chi connectivity index (χ1) is 9.47. The first kappa shape index (κ1) is 14.7. The molecule has 2 heteroatoms. The number of rotatable bonds is 4. The van der Waals surface area contributed by atoms with Crippen LogP contribution in [0.3, 0.4) is 0 Å². The van der Waals surface area contributed by atoms with E-state index in [-0.39, 0.29) is 11.9 Å². The number of nitrogens with one attached hydrogen (secondary N) is 1. The van der Waals surface area contributed by atoms with Gasteiger partial charge in [0.1, 0.15) is 5.82 Å². The monoisotopic (exact) mass is 271 g/mol. The van der Waals surface area contributed by atoms with E-state index in [9.17, 15) is 4.39 Å². The normalized spacial score (nSPS) is 12.4. The Labute approximate surface area is 120 Å². The number of halogens is 1. The average Bonchev–Trinajstić information content (AvgIpc) is 2.37. The predicted molar refractivity (Wildman–Crippen MR) is 82.3 cm³/mol. The number of aryl methyl sites for hydroxylation is 3. The molecule has 1 atom stereocenters. The molecule has 1 unspecified atom stereocenters. The molecule has 0 radical (unpaired) electrons. The Morgan fingerprint density at radius 3 is 2.40 bits per heavy atom. The molecule has 0 amide bonds. The summed E-state index contributed by atoms with van der Waals surface area (Å²) in [5.74, 6) is -0.173. The van der Waals surface area contributed by atoms with Crippen molar-refractivity contribution in [3.63, 3.8) is 0 Å². The zero-order valence-electron chi connectivity index (χ0n) is 12.6. The summed E-state index contributed by atoms with van der Waals surface area (Å²) in [5.41, 5.74) is 6.04. The van der Waals surface area contributed by atoms with Crippen molar-refractivity contribution in [3.05, 3.63) is 70.0 Å². The van der Waals surface area contributed by atoms with Gasteiger partial charge in [0.2, 0.25) is 0 Å². The van der Waals surface area contributed by atoms with Gasteiger partial charge in [0, 0.05) is 12.6 Å². The average molecular weight is 271 g/mol. The van der Waals surface area contributed by atoms with Gasteiger partial charge in [-0.15, -0.1) is 0 Å². The lowest BCUT2D eigenvalue weighted by Gasteiger charge is -2.18. The molecule has 1 nitrogen and oxygen atoms in total. The van der Waals surface area contributed by atoms with Gasteiger partial charge in [-0.25, -0.2) is 4.39 Å². The summed E-state index contributed by atoms with van der Waals surface area (Å²) in [6, 6.07) is 11.8. The Kier molecular flexibility index (Phi) is 4.56. The summed E-state index contributed by atoms with van der Waals surface area (Å²) in [6.45, 7) is 9.11. The summed E-state index contributed by atoms with van der Waals surface area (Å²) in [7, 11) is 0. The summed E-state index contributed by atoms with van der Waals surface area (Å²) < 4.78 is 13.1. The smallest absolute Gasteiger partial charge is 0.123 e. The maximum Gasteiger partial charge on any atom is 0.123 e. The van der Waals surface area contributed by atoms with Crippen LogP contribution in [0.25, 0.3) is 0 Å². The Morgan fingerprint density at radius 2 is 1.75 bits per heavy atom. The van der Waals surface area contributed by atoms with Crippen LogP contribution >= 0.6 is 0 Å². The number of benzene rings is 2. The minimum absolute atomic E-state index is 0.173. The van der Waals surface area contributed by atoms with Crippen molar-refractivity contribution in [2.75, 3.05) is 0 Å². The maximum atomic E-state index is 13.1. The van der Waals surface area contributed by atoms with Gasteiger partial charge in [0.15, 0.2) is 0 Å². The summed E-state index contributed by atoms with van der Waals surface area (Å²) in [5, 5.41) is 3.51. The van der Waals surface area contributed by atoms with Crippen LogP contribution in [-0.2, 0) is 6.54 Å². The SMILES string of the molecule is Cc1ccc(C(C)NCc2ccc(F)cc2C)c(C)c1. The molecule has 20 heavy (non-hydrogen) atoms. The van der Waals surface area contributed by atoms with Gasteiger partial charge in [-0.3, -0.25) is 0 Å². The van der Waals surface area contributed by atoms with Crippen molar-refractivity contribution in [1.82, 2.24) is 5.32 Å². The fraction of sp³-hybridized carbons (Fsp3) is 0.333. The highest BCUT2D eigenvalue weighted by atomic mass is 19.1. The highest BCUT2D eigenvalue weighted by Gasteiger charge is 2.09. The van der Waals surface area contributed by atoms with Gasteiger partial charge < -0.3 is 5.32 Å². The minimum atomic E-state index is -0.173. The molecule has 0 bridgehead atoms. The van der Waals surface area contributed by atoms with Crippen molar-refractivity contribution in [3.8, 4) is 0 Å². The number of hydrogen-bond donors (Lipinski definition) is 1. The maximum absolute atomic E-state index is 13.1. The topological polar surface area (TPSA) is 12.0 Å². The van der Waals surface area contributed by atoms with E-state index in [4.69, 9.17) is 0 Å². The molecule has 0 heterocycles. The van der Waals surface area contributed by atoms with E-state index in [0.29, 0.717) is 0 Å². The van der Waals surface area contributed by atoms with Crippen LogP contribution in [0.5, 0.6) is 0 Å². The number of hydrogen-bond acceptors (Lipinski definition) is 1. The summed E-state index contributed by atoms with van der Waals surface area (Å²) >= 11 is 0. The molecule has 0 aliphatic rings. The van der Waals surface area contributed by atoms with Crippen LogP contribution in [0.2, 0.25) is 0 Å². The molecule has 0 aromatic heterocycles. The zero-order chi connectivity index (χ0) is 14.7. The van der Waals surface area contributed by atoms with Gasteiger partial charge in [0.05, 0.1) is 0 Å². The Bertz CT molecular complexity index is 604. The van der Waals surface area contributed by atoms with Crippen molar-refractivity contribution in [1.29, 1.82) is 0 Å². The largest absolute Gasteiger partial charge is 0.306 e. The fourth-order valence-corrected chi connectivity index (χ4v) is 2.54. The van der Waals surface area contributed by atoms with E-state index >= 15 is 0 Å². The van der Waals surface area contributed by atoms with E-state index in [2.05, 4.69) is 44.3 Å². The lowest BCUT2D eigenvalue weighted by atomic mass is 10.00. The first-order valence-electron chi connectivity index (χ1n) is 7.03. The standard InChI is InChI=1S/C18H22FN/c1-12-5-8-18(14(3)9-12)15(4)20-11-16-6-7-17(19)10-13(16)2/h5-10,15,20H,11H2,1-4H3. The molecule has 0 spiro atoms. The van der Waals surface area contributed by atoms with Gasteiger partial charge >= 0.3 is 0 Å². The molecule has 1 N–H and O–H groups in total. The van der Waals surface area contributed by atoms with Crippen molar-refractivity contribution in [2.24, 2.45) is 0 Å². The molecule has 2 aromatic rings. The van der Waals surface area contributed by atoms with Crippen LogP contribution in [0.15, 0.2) is 36.4 Å². The molecular weight excluding hydrogens is 249 g/mol. The van der Waals surface area contributed by atoms with Crippen LogP contribution in [0.4, 0.5) is 4.39 Å². The van der Waals surface area contributed by atoms with E-state index in [1.807, 2.05) is 13.0 Å². The Hall–Kier alpha value is -1.67. The lowest BCUT2D eigenvalue weighted by molar-refractivity contribution is 0.568. The molecule has 2 aromatic carbocycles. The molecule has 0 saturated heterocycles. The van der Waals surface area contributed by atoms with E-state index in [1.165, 1.54) is 22.8 Å². The van der Waals surface area contributed by atoms with Gasteiger partial charge in [-0.2, -0.15) is 0 Å². The summed E-state index contributed by atoms with van der Waals surface area (Å²) in [4.78, 5) is 0. The molecular formula is C18H22FN. The van der Waals surface area contributed by atoms with Crippen LogP contribution in [0, 0.1) is 26.6 Å². The second-order valence-corrected chi connectivity index (χ2v) is 5.53. The zero-order valence-corrected chi connectivity index (χ0v) is 12.6. The molecule has 2 rings (SSSR count). The minimum Gasteiger partial charge on any atom is -0.306 e. The lowest BCUT2D eigenvalue weighted by Crippen LogP contribution is -2.19. The third kappa shape index (κ3) is 3.45.